The minimum Gasteiger partial charge on any atom is -0.497 e. The number of aryl methyl sites for hydroxylation is 1. The molecule has 0 aliphatic heterocycles. The molecule has 1 amide bonds. The van der Waals surface area contributed by atoms with Gasteiger partial charge in [-0.2, -0.15) is 0 Å². The van der Waals surface area contributed by atoms with Crippen molar-refractivity contribution in [3.05, 3.63) is 83.3 Å². The first-order valence-corrected chi connectivity index (χ1v) is 9.19. The van der Waals surface area contributed by atoms with E-state index in [0.29, 0.717) is 35.7 Å². The number of methoxy groups -OCH3 is 1. The van der Waals surface area contributed by atoms with Crippen molar-refractivity contribution in [2.75, 3.05) is 7.11 Å². The first-order chi connectivity index (χ1) is 14.1. The van der Waals surface area contributed by atoms with Crippen LogP contribution >= 0.6 is 0 Å². The van der Waals surface area contributed by atoms with Crippen LogP contribution in [-0.2, 0) is 13.0 Å². The molecule has 2 aromatic carbocycles. The number of ether oxygens (including phenoxy) is 1. The molecule has 146 valence electrons. The van der Waals surface area contributed by atoms with Crippen LogP contribution in [0.5, 0.6) is 5.75 Å². The van der Waals surface area contributed by atoms with Gasteiger partial charge in [0.25, 0.3) is 5.91 Å². The van der Waals surface area contributed by atoms with Crippen molar-refractivity contribution in [2.24, 2.45) is 0 Å². The lowest BCUT2D eigenvalue weighted by molar-refractivity contribution is 0.0950. The Hall–Kier alpha value is -3.74. The Morgan fingerprint density at radius 1 is 1.10 bits per heavy atom. The first kappa shape index (κ1) is 18.6. The van der Waals surface area contributed by atoms with E-state index in [9.17, 15) is 4.79 Å². The summed E-state index contributed by atoms with van der Waals surface area (Å²) >= 11 is 0. The van der Waals surface area contributed by atoms with Gasteiger partial charge in [-0.15, -0.1) is 0 Å². The Balaban J connectivity index is 1.45. The number of nitrogens with one attached hydrogen (secondary N) is 1. The number of rotatable bonds is 6. The summed E-state index contributed by atoms with van der Waals surface area (Å²) in [4.78, 5) is 25.4. The van der Waals surface area contributed by atoms with E-state index in [4.69, 9.17) is 9.15 Å². The first-order valence-electron chi connectivity index (χ1n) is 9.19. The predicted octanol–water partition coefficient (Wildman–Crippen LogP) is 3.46. The average molecular weight is 388 g/mol. The fourth-order valence-corrected chi connectivity index (χ4v) is 2.89. The molecule has 0 atom stereocenters. The van der Waals surface area contributed by atoms with Gasteiger partial charge in [-0.25, -0.2) is 4.98 Å². The molecule has 0 saturated carbocycles. The smallest absolute Gasteiger partial charge is 0.251 e. The predicted molar refractivity (Wildman–Crippen MR) is 108 cm³/mol. The molecular formula is C22H20N4O3. The van der Waals surface area contributed by atoms with Crippen molar-refractivity contribution in [3.63, 3.8) is 0 Å². The maximum Gasteiger partial charge on any atom is 0.251 e. The summed E-state index contributed by atoms with van der Waals surface area (Å²) in [7, 11) is 1.64. The lowest BCUT2D eigenvalue weighted by Gasteiger charge is -2.04. The third-order valence-corrected chi connectivity index (χ3v) is 4.47. The molecule has 4 rings (SSSR count). The number of carbonyl (C=O) groups excluding carboxylic acids is 1. The third-order valence-electron chi connectivity index (χ3n) is 4.47. The second-order valence-corrected chi connectivity index (χ2v) is 6.65. The molecule has 7 nitrogen and oxygen atoms in total. The van der Waals surface area contributed by atoms with E-state index >= 15 is 0 Å². The van der Waals surface area contributed by atoms with Crippen LogP contribution in [0.15, 0.2) is 59.3 Å². The normalized spacial score (nSPS) is 10.8. The SMILES string of the molecule is COc1ccc(Cc2nc3ccc(C(=O)NCc4cnc(C)cn4)cc3o2)cc1. The molecular weight excluding hydrogens is 368 g/mol. The summed E-state index contributed by atoms with van der Waals surface area (Å²) in [5, 5.41) is 2.84. The lowest BCUT2D eigenvalue weighted by Crippen LogP contribution is -2.23. The molecule has 0 saturated heterocycles. The van der Waals surface area contributed by atoms with Crippen LogP contribution in [-0.4, -0.2) is 28.0 Å². The number of hydrogen-bond donors (Lipinski definition) is 1. The van der Waals surface area contributed by atoms with Gasteiger partial charge in [0.15, 0.2) is 11.5 Å². The Bertz CT molecular complexity index is 1140. The number of aromatic nitrogens is 3. The van der Waals surface area contributed by atoms with E-state index in [1.165, 1.54) is 0 Å². The minimum absolute atomic E-state index is 0.206. The number of hydrogen-bond acceptors (Lipinski definition) is 6. The number of carbonyl (C=O) groups is 1. The molecule has 0 unspecified atom stereocenters. The minimum atomic E-state index is -0.206. The number of amides is 1. The topological polar surface area (TPSA) is 90.1 Å². The summed E-state index contributed by atoms with van der Waals surface area (Å²) in [6.07, 6.45) is 3.89. The van der Waals surface area contributed by atoms with E-state index in [-0.39, 0.29) is 5.91 Å². The Labute approximate surface area is 167 Å². The largest absolute Gasteiger partial charge is 0.497 e. The van der Waals surface area contributed by atoms with E-state index in [0.717, 1.165) is 22.5 Å². The van der Waals surface area contributed by atoms with Gasteiger partial charge in [0.05, 0.1) is 31.2 Å². The second kappa shape index (κ2) is 8.10. The van der Waals surface area contributed by atoms with Crippen molar-refractivity contribution < 1.29 is 13.9 Å². The Kier molecular flexibility index (Phi) is 5.20. The van der Waals surface area contributed by atoms with Crippen LogP contribution in [0.25, 0.3) is 11.1 Å². The maximum atomic E-state index is 12.5. The highest BCUT2D eigenvalue weighted by Gasteiger charge is 2.12. The van der Waals surface area contributed by atoms with E-state index in [1.54, 1.807) is 37.7 Å². The summed E-state index contributed by atoms with van der Waals surface area (Å²) in [6.45, 7) is 2.17. The maximum absolute atomic E-state index is 12.5. The Morgan fingerprint density at radius 3 is 2.66 bits per heavy atom. The van der Waals surface area contributed by atoms with Gasteiger partial charge in [0.1, 0.15) is 11.3 Å². The fourth-order valence-electron chi connectivity index (χ4n) is 2.89. The van der Waals surface area contributed by atoms with Crippen molar-refractivity contribution in [1.29, 1.82) is 0 Å². The molecule has 0 fully saturated rings. The molecule has 2 aromatic heterocycles. The molecule has 7 heteroatoms. The van der Waals surface area contributed by atoms with E-state index in [2.05, 4.69) is 20.3 Å². The van der Waals surface area contributed by atoms with Gasteiger partial charge < -0.3 is 14.5 Å². The highest BCUT2D eigenvalue weighted by Crippen LogP contribution is 2.20. The molecule has 29 heavy (non-hydrogen) atoms. The molecule has 0 aliphatic carbocycles. The molecule has 0 bridgehead atoms. The molecule has 0 aliphatic rings. The standard InChI is InChI=1S/C22H20N4O3/c1-14-11-24-17(12-23-14)13-25-22(27)16-5-8-19-20(10-16)29-21(26-19)9-15-3-6-18(28-2)7-4-15/h3-8,10-12H,9,13H2,1-2H3,(H,25,27). The van der Waals surface area contributed by atoms with Crippen LogP contribution in [0, 0.1) is 6.92 Å². The van der Waals surface area contributed by atoms with Crippen molar-refractivity contribution in [3.8, 4) is 5.75 Å². The van der Waals surface area contributed by atoms with E-state index < -0.39 is 0 Å². The monoisotopic (exact) mass is 388 g/mol. The quantitative estimate of drug-likeness (QED) is 0.544. The van der Waals surface area contributed by atoms with Crippen LogP contribution in [0.2, 0.25) is 0 Å². The van der Waals surface area contributed by atoms with Crippen LogP contribution < -0.4 is 10.1 Å². The van der Waals surface area contributed by atoms with Gasteiger partial charge in [0.2, 0.25) is 0 Å². The van der Waals surface area contributed by atoms with Gasteiger partial charge >= 0.3 is 0 Å². The van der Waals surface area contributed by atoms with E-state index in [1.807, 2.05) is 31.2 Å². The van der Waals surface area contributed by atoms with Gasteiger partial charge in [0, 0.05) is 18.2 Å². The molecule has 1 N–H and O–H groups in total. The summed E-state index contributed by atoms with van der Waals surface area (Å²) < 4.78 is 11.0. The average Bonchev–Trinajstić information content (AvgIpc) is 3.15. The highest BCUT2D eigenvalue weighted by atomic mass is 16.5. The van der Waals surface area contributed by atoms with Gasteiger partial charge in [-0.05, 0) is 42.8 Å². The zero-order chi connectivity index (χ0) is 20.2. The number of nitrogens with zero attached hydrogens (tertiary/aromatic N) is 3. The van der Waals surface area contributed by atoms with Gasteiger partial charge in [-0.1, -0.05) is 12.1 Å². The Morgan fingerprint density at radius 2 is 1.93 bits per heavy atom. The summed E-state index contributed by atoms with van der Waals surface area (Å²) in [5.41, 5.74) is 4.40. The second-order valence-electron chi connectivity index (χ2n) is 6.65. The molecule has 4 aromatic rings. The highest BCUT2D eigenvalue weighted by molar-refractivity contribution is 5.96. The zero-order valence-electron chi connectivity index (χ0n) is 16.2. The number of fused-ring (bicyclic) bond motifs is 1. The molecule has 0 radical (unpaired) electrons. The van der Waals surface area contributed by atoms with Crippen LogP contribution in [0.1, 0.15) is 33.2 Å². The van der Waals surface area contributed by atoms with Gasteiger partial charge in [-0.3, -0.25) is 14.8 Å². The van der Waals surface area contributed by atoms with Crippen LogP contribution in [0.4, 0.5) is 0 Å². The van der Waals surface area contributed by atoms with Crippen molar-refractivity contribution in [2.45, 2.75) is 19.9 Å². The fraction of sp³-hybridized carbons (Fsp3) is 0.182. The number of benzene rings is 2. The number of oxazole rings is 1. The molecule has 0 spiro atoms. The third kappa shape index (κ3) is 4.40. The van der Waals surface area contributed by atoms with Crippen molar-refractivity contribution in [1.82, 2.24) is 20.3 Å². The summed E-state index contributed by atoms with van der Waals surface area (Å²) in [5.74, 6) is 1.19. The van der Waals surface area contributed by atoms with Crippen LogP contribution in [0.3, 0.4) is 0 Å². The van der Waals surface area contributed by atoms with Crippen molar-refractivity contribution >= 4 is 17.0 Å². The molecule has 2 heterocycles. The summed E-state index contributed by atoms with van der Waals surface area (Å²) in [6, 6.07) is 13.0. The lowest BCUT2D eigenvalue weighted by atomic mass is 10.1. The zero-order valence-corrected chi connectivity index (χ0v) is 16.2.